The molecule has 0 aromatic heterocycles. The molecule has 1 aromatic carbocycles. The van der Waals surface area contributed by atoms with E-state index in [1.54, 1.807) is 25.1 Å². The number of methoxy groups -OCH3 is 1. The van der Waals surface area contributed by atoms with Gasteiger partial charge in [0.05, 0.1) is 35.0 Å². The number of carbonyl (C=O) groups is 1. The van der Waals surface area contributed by atoms with Crippen LogP contribution in [-0.4, -0.2) is 67.8 Å². The van der Waals surface area contributed by atoms with Gasteiger partial charge in [0, 0.05) is 50.8 Å². The average Bonchev–Trinajstić information content (AvgIpc) is 2.70. The minimum Gasteiger partial charge on any atom is -0.378 e. The van der Waals surface area contributed by atoms with E-state index in [9.17, 15) is 14.9 Å². The normalized spacial score (nSPS) is 26.5. The van der Waals surface area contributed by atoms with Gasteiger partial charge < -0.3 is 19.3 Å². The molecule has 1 aliphatic heterocycles. The molecule has 1 saturated heterocycles. The lowest BCUT2D eigenvalue weighted by molar-refractivity contribution is -0.384. The molecule has 1 aliphatic carbocycles. The summed E-state index contributed by atoms with van der Waals surface area (Å²) < 4.78 is 11.1. The Bertz CT molecular complexity index is 775. The number of nitrogens with zero attached hydrogens (tertiary/aromatic N) is 3. The zero-order chi connectivity index (χ0) is 20.7. The van der Waals surface area contributed by atoms with Crippen molar-refractivity contribution in [2.45, 2.75) is 38.8 Å². The van der Waals surface area contributed by atoms with Crippen LogP contribution in [0.3, 0.4) is 0 Å². The fourth-order valence-electron chi connectivity index (χ4n) is 4.30. The van der Waals surface area contributed by atoms with Crippen LogP contribution in [0.5, 0.6) is 0 Å². The van der Waals surface area contributed by atoms with Gasteiger partial charge in [-0.2, -0.15) is 0 Å². The van der Waals surface area contributed by atoms with Gasteiger partial charge in [-0.05, 0) is 19.4 Å². The minimum atomic E-state index is -0.463. The van der Waals surface area contributed by atoms with E-state index < -0.39 is 4.92 Å². The van der Waals surface area contributed by atoms with Crippen molar-refractivity contribution in [2.75, 3.05) is 45.4 Å². The van der Waals surface area contributed by atoms with Crippen LogP contribution in [0.4, 0.5) is 11.4 Å². The van der Waals surface area contributed by atoms with Crippen LogP contribution >= 0.6 is 0 Å². The molecule has 8 heteroatoms. The molecule has 2 fully saturated rings. The maximum atomic E-state index is 13.4. The minimum absolute atomic E-state index is 0.0123. The number of benzene rings is 1. The summed E-state index contributed by atoms with van der Waals surface area (Å²) >= 11 is 0. The molecule has 1 aromatic rings. The van der Waals surface area contributed by atoms with Crippen LogP contribution in [0.15, 0.2) is 18.2 Å². The zero-order valence-corrected chi connectivity index (χ0v) is 17.2. The molecule has 0 N–H and O–H groups in total. The van der Waals surface area contributed by atoms with E-state index in [1.165, 1.54) is 12.1 Å². The Kier molecular flexibility index (Phi) is 5.38. The first-order valence-corrected chi connectivity index (χ1v) is 9.56. The second-order valence-corrected chi connectivity index (χ2v) is 8.35. The summed E-state index contributed by atoms with van der Waals surface area (Å²) in [5.74, 6) is -0.207. The van der Waals surface area contributed by atoms with Crippen molar-refractivity contribution in [2.24, 2.45) is 5.41 Å². The predicted octanol–water partition coefficient (Wildman–Crippen LogP) is 2.71. The Morgan fingerprint density at radius 3 is 2.50 bits per heavy atom. The first-order valence-electron chi connectivity index (χ1n) is 9.56. The van der Waals surface area contributed by atoms with Crippen LogP contribution in [0.25, 0.3) is 0 Å². The third kappa shape index (κ3) is 3.24. The number of hydrogen-bond acceptors (Lipinski definition) is 6. The van der Waals surface area contributed by atoms with Gasteiger partial charge in [-0.3, -0.25) is 14.9 Å². The molecule has 0 bridgehead atoms. The lowest BCUT2D eigenvalue weighted by Gasteiger charge is -2.61. The van der Waals surface area contributed by atoms with Gasteiger partial charge in [0.25, 0.3) is 11.6 Å². The first kappa shape index (κ1) is 20.5. The molecule has 1 heterocycles. The zero-order valence-electron chi connectivity index (χ0n) is 17.2. The quantitative estimate of drug-likeness (QED) is 0.567. The lowest BCUT2D eigenvalue weighted by atomic mass is 9.55. The maximum absolute atomic E-state index is 13.4. The van der Waals surface area contributed by atoms with Crippen LogP contribution in [0.2, 0.25) is 0 Å². The summed E-state index contributed by atoms with van der Waals surface area (Å²) in [7, 11) is 3.46. The summed E-state index contributed by atoms with van der Waals surface area (Å²) in [5.41, 5.74) is 0.467. The van der Waals surface area contributed by atoms with Gasteiger partial charge in [-0.15, -0.1) is 0 Å². The number of hydrogen-bond donors (Lipinski definition) is 0. The summed E-state index contributed by atoms with van der Waals surface area (Å²) in [5, 5.41) is 11.3. The second kappa shape index (κ2) is 7.33. The first-order chi connectivity index (χ1) is 13.1. The fourth-order valence-corrected chi connectivity index (χ4v) is 4.30. The number of rotatable bonds is 5. The van der Waals surface area contributed by atoms with Crippen LogP contribution in [-0.2, 0) is 9.47 Å². The number of nitro benzene ring substituents is 1. The molecular formula is C20H29N3O5. The van der Waals surface area contributed by atoms with Crippen LogP contribution in [0, 0.1) is 15.5 Å². The SMILES string of the molecule is CO[C@]1(C)C[C@@H](N(C)C(=O)c2cc([N+](=O)[O-])ccc2N2CCOCC2)C1(C)C. The van der Waals surface area contributed by atoms with E-state index in [0.29, 0.717) is 31.9 Å². The number of morpholine rings is 1. The summed E-state index contributed by atoms with van der Waals surface area (Å²) in [6.45, 7) is 8.67. The molecule has 154 valence electrons. The third-order valence-electron chi connectivity index (χ3n) is 6.79. The highest BCUT2D eigenvalue weighted by Crippen LogP contribution is 2.53. The van der Waals surface area contributed by atoms with Crippen molar-refractivity contribution >= 4 is 17.3 Å². The largest absolute Gasteiger partial charge is 0.378 e. The van der Waals surface area contributed by atoms with Crippen LogP contribution < -0.4 is 4.90 Å². The lowest BCUT2D eigenvalue weighted by Crippen LogP contribution is -2.68. The van der Waals surface area contributed by atoms with Crippen molar-refractivity contribution in [3.8, 4) is 0 Å². The van der Waals surface area contributed by atoms with Gasteiger partial charge in [-0.25, -0.2) is 0 Å². The number of amides is 1. The van der Waals surface area contributed by atoms with E-state index in [2.05, 4.69) is 18.7 Å². The van der Waals surface area contributed by atoms with E-state index in [0.717, 1.165) is 12.1 Å². The molecule has 2 atom stereocenters. The van der Waals surface area contributed by atoms with Gasteiger partial charge >= 0.3 is 0 Å². The predicted molar refractivity (Wildman–Crippen MR) is 106 cm³/mol. The number of nitro groups is 1. The topological polar surface area (TPSA) is 85.1 Å². The maximum Gasteiger partial charge on any atom is 0.270 e. The number of anilines is 1. The van der Waals surface area contributed by atoms with Crippen molar-refractivity contribution in [3.63, 3.8) is 0 Å². The van der Waals surface area contributed by atoms with E-state index in [1.807, 2.05) is 6.92 Å². The highest BCUT2D eigenvalue weighted by atomic mass is 16.6. The summed E-state index contributed by atoms with van der Waals surface area (Å²) in [6, 6.07) is 4.51. The van der Waals surface area contributed by atoms with E-state index >= 15 is 0 Å². The fraction of sp³-hybridized carbons (Fsp3) is 0.650. The van der Waals surface area contributed by atoms with Gasteiger partial charge in [0.15, 0.2) is 0 Å². The molecule has 1 saturated carbocycles. The molecule has 0 unspecified atom stereocenters. The second-order valence-electron chi connectivity index (χ2n) is 8.35. The highest BCUT2D eigenvalue weighted by molar-refractivity contribution is 6.00. The Balaban J connectivity index is 1.93. The van der Waals surface area contributed by atoms with Gasteiger partial charge in [-0.1, -0.05) is 13.8 Å². The molecule has 1 amide bonds. The molecule has 28 heavy (non-hydrogen) atoms. The van der Waals surface area contributed by atoms with E-state index in [-0.39, 0.29) is 28.7 Å². The van der Waals surface area contributed by atoms with Gasteiger partial charge in [0.2, 0.25) is 0 Å². The van der Waals surface area contributed by atoms with Crippen molar-refractivity contribution in [1.29, 1.82) is 0 Å². The average molecular weight is 391 g/mol. The third-order valence-corrected chi connectivity index (χ3v) is 6.79. The molecular weight excluding hydrogens is 362 g/mol. The Labute approximate surface area is 165 Å². The van der Waals surface area contributed by atoms with Crippen LogP contribution in [0.1, 0.15) is 37.6 Å². The Morgan fingerprint density at radius 2 is 1.96 bits per heavy atom. The molecule has 3 rings (SSSR count). The monoisotopic (exact) mass is 391 g/mol. The molecule has 0 radical (unpaired) electrons. The highest BCUT2D eigenvalue weighted by Gasteiger charge is 2.60. The molecule has 0 spiro atoms. The van der Waals surface area contributed by atoms with Crippen molar-refractivity contribution < 1.29 is 19.2 Å². The number of carbonyl (C=O) groups excluding carboxylic acids is 1. The Hall–Kier alpha value is -2.19. The Morgan fingerprint density at radius 1 is 1.32 bits per heavy atom. The van der Waals surface area contributed by atoms with Crippen molar-refractivity contribution in [3.05, 3.63) is 33.9 Å². The smallest absolute Gasteiger partial charge is 0.270 e. The van der Waals surface area contributed by atoms with E-state index in [4.69, 9.17) is 9.47 Å². The summed E-state index contributed by atoms with van der Waals surface area (Å²) in [4.78, 5) is 28.0. The van der Waals surface area contributed by atoms with Gasteiger partial charge in [0.1, 0.15) is 0 Å². The molecule has 2 aliphatic rings. The molecule has 8 nitrogen and oxygen atoms in total. The number of ether oxygens (including phenoxy) is 2. The number of non-ortho nitro benzene ring substituents is 1. The summed E-state index contributed by atoms with van der Waals surface area (Å²) in [6.07, 6.45) is 0.723. The standard InChI is InChI=1S/C20H29N3O5/c1-19(2)17(13-20(19,3)27-5)21(4)18(24)15-12-14(23(25)26)6-7-16(15)22-8-10-28-11-9-22/h6-7,12,17H,8-11,13H2,1-5H3/t17-,20-/m1/s1. The van der Waals surface area contributed by atoms with Crippen molar-refractivity contribution in [1.82, 2.24) is 4.90 Å².